The zero-order chi connectivity index (χ0) is 13.0. The molecule has 1 unspecified atom stereocenters. The molecule has 2 rings (SSSR count). The van der Waals surface area contributed by atoms with Crippen molar-refractivity contribution in [1.82, 2.24) is 4.90 Å². The van der Waals surface area contributed by atoms with Crippen LogP contribution in [0.1, 0.15) is 0 Å². The summed E-state index contributed by atoms with van der Waals surface area (Å²) >= 11 is 0. The minimum atomic E-state index is -0.355. The Morgan fingerprint density at radius 3 is 2.38 bits per heavy atom. The van der Waals surface area contributed by atoms with Crippen LogP contribution in [0.25, 0.3) is 5.53 Å². The number of ether oxygens (including phenoxy) is 3. The normalized spacial score (nSPS) is 20.8. The second-order valence-electron chi connectivity index (χ2n) is 4.05. The van der Waals surface area contributed by atoms with Gasteiger partial charge in [-0.05, 0) is 6.08 Å². The van der Waals surface area contributed by atoms with Crippen LogP contribution < -0.4 is 24.8 Å². The van der Waals surface area contributed by atoms with Crippen LogP contribution in [0.4, 0.5) is 0 Å². The summed E-state index contributed by atoms with van der Waals surface area (Å²) in [5.41, 5.74) is 10.3. The van der Waals surface area contributed by atoms with E-state index in [4.69, 9.17) is 19.7 Å². The van der Waals surface area contributed by atoms with Crippen LogP contribution in [0.15, 0.2) is 23.6 Å². The molecule has 1 fully saturated rings. The number of halogens is 2. The molecule has 9 heteroatoms. The number of rotatable bonds is 3. The molecule has 0 aromatic rings. The zero-order valence-electron chi connectivity index (χ0n) is 12.1. The van der Waals surface area contributed by atoms with Gasteiger partial charge in [-0.2, -0.15) is 4.79 Å². The summed E-state index contributed by atoms with van der Waals surface area (Å²) in [6.07, 6.45) is 3.24. The van der Waals surface area contributed by atoms with E-state index < -0.39 is 0 Å². The molecule has 0 aromatic carbocycles. The third-order valence-corrected chi connectivity index (χ3v) is 3.07. The molecule has 0 radical (unpaired) electrons. The molecule has 114 valence electrons. The Balaban J connectivity index is 0. The Morgan fingerprint density at radius 2 is 1.90 bits per heavy atom. The van der Waals surface area contributed by atoms with E-state index in [2.05, 4.69) is 9.69 Å². The van der Waals surface area contributed by atoms with Gasteiger partial charge >= 0.3 is 25.2 Å². The van der Waals surface area contributed by atoms with Crippen LogP contribution in [0.2, 0.25) is 0 Å². The van der Waals surface area contributed by atoms with Crippen molar-refractivity contribution in [2.24, 2.45) is 0 Å². The van der Waals surface area contributed by atoms with Gasteiger partial charge in [0.2, 0.25) is 0 Å². The summed E-state index contributed by atoms with van der Waals surface area (Å²) in [4.78, 5) is 5.40. The van der Waals surface area contributed by atoms with E-state index in [-0.39, 0.29) is 50.4 Å². The second kappa shape index (κ2) is 11.2. The molecule has 0 N–H and O–H groups in total. The van der Waals surface area contributed by atoms with E-state index >= 15 is 0 Å². The van der Waals surface area contributed by atoms with Crippen molar-refractivity contribution < 1.29 is 63.3 Å². The van der Waals surface area contributed by atoms with E-state index in [9.17, 15) is 0 Å². The Hall–Kier alpha value is -0.417. The Kier molecular flexibility index (Phi) is 12.2. The second-order valence-corrected chi connectivity index (χ2v) is 4.05. The molecule has 0 aromatic heterocycles. The molecule has 1 atom stereocenters. The molecule has 0 spiro atoms. The molecule has 0 saturated carbocycles. The molecule has 21 heavy (non-hydrogen) atoms. The van der Waals surface area contributed by atoms with Crippen molar-refractivity contribution in [3.05, 3.63) is 29.1 Å². The van der Waals surface area contributed by atoms with Gasteiger partial charge in [-0.15, -0.1) is 0 Å². The van der Waals surface area contributed by atoms with Crippen molar-refractivity contribution in [2.45, 2.75) is 6.10 Å². The van der Waals surface area contributed by atoms with Crippen LogP contribution in [0, 0.1) is 0 Å². The van der Waals surface area contributed by atoms with Crippen LogP contribution in [0.5, 0.6) is 0 Å². The summed E-state index contributed by atoms with van der Waals surface area (Å²) in [6.45, 7) is 3.03. The summed E-state index contributed by atoms with van der Waals surface area (Å²) in [5.74, 6) is 0.679. The predicted molar refractivity (Wildman–Crippen MR) is 65.0 cm³/mol. The number of methoxy groups -OCH3 is 2. The van der Waals surface area contributed by atoms with E-state index in [1.807, 2.05) is 6.08 Å². The van der Waals surface area contributed by atoms with Crippen LogP contribution in [-0.2, 0) is 33.7 Å². The third kappa shape index (κ3) is 5.37. The van der Waals surface area contributed by atoms with E-state index in [0.717, 1.165) is 18.8 Å². The summed E-state index contributed by atoms with van der Waals surface area (Å²) in [5, 5.41) is 0. The minimum Gasteiger partial charge on any atom is -1.00 e. The zero-order valence-corrected chi connectivity index (χ0v) is 16.6. The molecule has 1 aliphatic heterocycles. The van der Waals surface area contributed by atoms with Crippen molar-refractivity contribution in [1.29, 1.82) is 0 Å². The monoisotopic (exact) mass is 385 g/mol. The quantitative estimate of drug-likeness (QED) is 0.275. The first-order valence-corrected chi connectivity index (χ1v) is 5.85. The summed E-state index contributed by atoms with van der Waals surface area (Å²) in [7, 11) is 3.18. The topological polar surface area (TPSA) is 67.3 Å². The first-order chi connectivity index (χ1) is 8.80. The van der Waals surface area contributed by atoms with Crippen LogP contribution in [-0.4, -0.2) is 62.0 Å². The maximum Gasteiger partial charge on any atom is 2.00 e. The minimum absolute atomic E-state index is 0. The average molecular weight is 388 g/mol. The van der Waals surface area contributed by atoms with E-state index in [1.54, 1.807) is 20.3 Å². The van der Waals surface area contributed by atoms with Gasteiger partial charge in [0.15, 0.2) is 6.10 Å². The van der Waals surface area contributed by atoms with Gasteiger partial charge in [-0.25, -0.2) is 0 Å². The third-order valence-electron chi connectivity index (χ3n) is 3.07. The van der Waals surface area contributed by atoms with Crippen molar-refractivity contribution in [2.75, 3.05) is 40.5 Å². The average Bonchev–Trinajstić information content (AvgIpc) is 2.46. The van der Waals surface area contributed by atoms with Gasteiger partial charge in [0.1, 0.15) is 5.76 Å². The SMILES string of the molecule is COC1=CC(=[N+]=[N-])C(OC)C=C1N1CCOCC1.[Cl-].[Cl-].[Zn+2]. The Labute approximate surface area is 149 Å². The van der Waals surface area contributed by atoms with Crippen molar-refractivity contribution >= 4 is 5.71 Å². The van der Waals surface area contributed by atoms with E-state index in [0.29, 0.717) is 24.7 Å². The number of nitrogens with zero attached hydrogens (tertiary/aromatic N) is 3. The van der Waals surface area contributed by atoms with Gasteiger partial charge in [-0.1, -0.05) is 0 Å². The van der Waals surface area contributed by atoms with Gasteiger partial charge in [0, 0.05) is 20.2 Å². The fraction of sp³-hybridized carbons (Fsp3) is 0.583. The first-order valence-electron chi connectivity index (χ1n) is 5.85. The molecule has 1 saturated heterocycles. The Morgan fingerprint density at radius 1 is 1.29 bits per heavy atom. The molecule has 2 aliphatic rings. The largest absolute Gasteiger partial charge is 2.00 e. The predicted octanol–water partition coefficient (Wildman–Crippen LogP) is -5.56. The van der Waals surface area contributed by atoms with Crippen molar-refractivity contribution in [3.8, 4) is 0 Å². The number of hydrogen-bond acceptors (Lipinski definition) is 4. The Bertz CT molecular complexity index is 433. The molecular weight excluding hydrogens is 370 g/mol. The first kappa shape index (κ1) is 22.9. The van der Waals surface area contributed by atoms with Gasteiger partial charge in [0.25, 0.3) is 0 Å². The maximum absolute atomic E-state index is 8.95. The van der Waals surface area contributed by atoms with Gasteiger partial charge in [-0.3, -0.25) is 0 Å². The smallest absolute Gasteiger partial charge is 1.00 e. The fourth-order valence-corrected chi connectivity index (χ4v) is 2.10. The molecule has 6 nitrogen and oxygen atoms in total. The molecule has 0 amide bonds. The maximum atomic E-state index is 8.95. The molecular formula is C12H17Cl2N3O3Zn. The van der Waals surface area contributed by atoms with E-state index in [1.165, 1.54) is 0 Å². The fourth-order valence-electron chi connectivity index (χ4n) is 2.10. The van der Waals surface area contributed by atoms with Crippen molar-refractivity contribution in [3.63, 3.8) is 0 Å². The number of morpholine rings is 1. The van der Waals surface area contributed by atoms with Crippen LogP contribution in [0.3, 0.4) is 0 Å². The molecule has 1 aliphatic carbocycles. The van der Waals surface area contributed by atoms with Gasteiger partial charge < -0.3 is 49.5 Å². The molecule has 1 heterocycles. The molecule has 0 bridgehead atoms. The summed E-state index contributed by atoms with van der Waals surface area (Å²) in [6, 6.07) is 0. The van der Waals surface area contributed by atoms with Crippen LogP contribution >= 0.6 is 0 Å². The van der Waals surface area contributed by atoms with Gasteiger partial charge in [0.05, 0.1) is 32.1 Å². The standard InChI is InChI=1S/C12H17N3O3.2ClH.Zn/c1-16-11-8-10(15-3-5-18-6-4-15)12(17-2)7-9(11)14-13;;;/h7-8,11H,3-6H2,1-2H3;2*1H;/q;;;+2/p-2. The summed E-state index contributed by atoms with van der Waals surface area (Å²) < 4.78 is 16.0. The number of hydrogen-bond donors (Lipinski definition) is 0.